The van der Waals surface area contributed by atoms with Crippen molar-refractivity contribution in [1.82, 2.24) is 19.7 Å². The number of aromatic nitrogens is 4. The molecule has 2 heterocycles. The zero-order valence-corrected chi connectivity index (χ0v) is 10.8. The molecule has 0 aromatic carbocycles. The number of carbonyl (C=O) groups excluding carboxylic acids is 1. The van der Waals surface area contributed by atoms with Crippen molar-refractivity contribution in [3.8, 4) is 0 Å². The average molecular weight is 266 g/mol. The molecule has 2 aromatic heterocycles. The van der Waals surface area contributed by atoms with Crippen LogP contribution in [0.2, 0.25) is 5.15 Å². The predicted molar refractivity (Wildman–Crippen MR) is 67.7 cm³/mol. The molecule has 0 saturated carbocycles. The Morgan fingerprint density at radius 1 is 1.50 bits per heavy atom. The van der Waals surface area contributed by atoms with Crippen molar-refractivity contribution in [2.75, 3.05) is 5.32 Å². The van der Waals surface area contributed by atoms with E-state index in [2.05, 4.69) is 20.4 Å². The van der Waals surface area contributed by atoms with Crippen molar-refractivity contribution < 1.29 is 4.79 Å². The molecule has 0 aliphatic rings. The molecule has 2 aromatic rings. The second-order valence-corrected chi connectivity index (χ2v) is 4.17. The Labute approximate surface area is 109 Å². The first-order valence-electron chi connectivity index (χ1n) is 5.30. The van der Waals surface area contributed by atoms with E-state index in [0.717, 1.165) is 11.3 Å². The van der Waals surface area contributed by atoms with Gasteiger partial charge in [-0.25, -0.2) is 9.97 Å². The topological polar surface area (TPSA) is 72.7 Å². The van der Waals surface area contributed by atoms with Crippen LogP contribution in [0.25, 0.3) is 0 Å². The molecule has 0 spiro atoms. The number of hydrogen-bond acceptors (Lipinski definition) is 5. The quantitative estimate of drug-likeness (QED) is 0.671. The molecular weight excluding hydrogens is 254 g/mol. The van der Waals surface area contributed by atoms with Crippen LogP contribution in [0.1, 0.15) is 21.6 Å². The van der Waals surface area contributed by atoms with Gasteiger partial charge in [-0.2, -0.15) is 5.10 Å². The summed E-state index contributed by atoms with van der Waals surface area (Å²) in [4.78, 5) is 18.7. The molecule has 0 amide bonds. The van der Waals surface area contributed by atoms with Gasteiger partial charge in [0.15, 0.2) is 6.29 Å². The number of carbonyl (C=O) groups is 1. The molecule has 7 heteroatoms. The highest BCUT2D eigenvalue weighted by atomic mass is 35.5. The Hall–Kier alpha value is -1.95. The van der Waals surface area contributed by atoms with E-state index < -0.39 is 0 Å². The number of aryl methyl sites for hydroxylation is 2. The lowest BCUT2D eigenvalue weighted by Gasteiger charge is -2.07. The number of hydrogen-bond donors (Lipinski definition) is 1. The molecule has 0 unspecified atom stereocenters. The second kappa shape index (κ2) is 5.14. The summed E-state index contributed by atoms with van der Waals surface area (Å²) in [5.41, 5.74) is 2.22. The lowest BCUT2D eigenvalue weighted by molar-refractivity contribution is 0.112. The van der Waals surface area contributed by atoms with E-state index in [-0.39, 0.29) is 10.7 Å². The van der Waals surface area contributed by atoms with Gasteiger partial charge in [-0.05, 0) is 6.92 Å². The minimum absolute atomic E-state index is 0.144. The third-order valence-electron chi connectivity index (χ3n) is 2.51. The number of anilines is 1. The minimum Gasteiger partial charge on any atom is -0.365 e. The highest BCUT2D eigenvalue weighted by Crippen LogP contribution is 2.18. The van der Waals surface area contributed by atoms with Gasteiger partial charge in [0.1, 0.15) is 17.3 Å². The fourth-order valence-electron chi connectivity index (χ4n) is 1.62. The predicted octanol–water partition coefficient (Wildman–Crippen LogP) is 1.60. The number of nitrogens with zero attached hydrogens (tertiary/aromatic N) is 4. The van der Waals surface area contributed by atoms with E-state index in [1.165, 1.54) is 6.33 Å². The molecule has 1 N–H and O–H groups in total. The summed E-state index contributed by atoms with van der Waals surface area (Å²) in [5.74, 6) is 0.424. The number of halogens is 1. The smallest absolute Gasteiger partial charge is 0.156 e. The van der Waals surface area contributed by atoms with Gasteiger partial charge in [0.2, 0.25) is 0 Å². The molecule has 0 radical (unpaired) electrons. The van der Waals surface area contributed by atoms with Gasteiger partial charge in [0, 0.05) is 25.4 Å². The lowest BCUT2D eigenvalue weighted by Crippen LogP contribution is -2.06. The van der Waals surface area contributed by atoms with Crippen molar-refractivity contribution in [3.63, 3.8) is 0 Å². The van der Waals surface area contributed by atoms with Crippen molar-refractivity contribution in [1.29, 1.82) is 0 Å². The molecule has 0 saturated heterocycles. The first-order chi connectivity index (χ1) is 8.61. The monoisotopic (exact) mass is 265 g/mol. The summed E-state index contributed by atoms with van der Waals surface area (Å²) in [6.07, 6.45) is 3.86. The third kappa shape index (κ3) is 2.48. The maximum absolute atomic E-state index is 10.9. The first-order valence-corrected chi connectivity index (χ1v) is 5.68. The number of rotatable bonds is 4. The first kappa shape index (κ1) is 12.5. The SMILES string of the molecule is Cc1nn(C)cc1CNc1ncnc(Cl)c1C=O. The molecular formula is C11H12ClN5O. The molecule has 0 aliphatic heterocycles. The summed E-state index contributed by atoms with van der Waals surface area (Å²) in [5, 5.41) is 7.43. The number of nitrogens with one attached hydrogen (secondary N) is 1. The van der Waals surface area contributed by atoms with Crippen molar-refractivity contribution in [2.24, 2.45) is 7.05 Å². The maximum atomic E-state index is 10.9. The van der Waals surface area contributed by atoms with Crippen molar-refractivity contribution in [3.05, 3.63) is 34.5 Å². The standard InChI is InChI=1S/C11H12ClN5O/c1-7-8(4-17(2)16-7)3-13-11-9(5-18)10(12)14-6-15-11/h4-6H,3H2,1-2H3,(H,13,14,15). The van der Waals surface area contributed by atoms with Crippen LogP contribution in [0.15, 0.2) is 12.5 Å². The van der Waals surface area contributed by atoms with E-state index in [0.29, 0.717) is 18.6 Å². The zero-order chi connectivity index (χ0) is 13.1. The third-order valence-corrected chi connectivity index (χ3v) is 2.82. The summed E-state index contributed by atoms with van der Waals surface area (Å²) >= 11 is 5.81. The average Bonchev–Trinajstić information content (AvgIpc) is 2.65. The summed E-state index contributed by atoms with van der Waals surface area (Å²) in [6.45, 7) is 2.44. The highest BCUT2D eigenvalue weighted by Gasteiger charge is 2.09. The highest BCUT2D eigenvalue weighted by molar-refractivity contribution is 6.32. The van der Waals surface area contributed by atoms with Crippen molar-refractivity contribution >= 4 is 23.7 Å². The Balaban J connectivity index is 2.18. The van der Waals surface area contributed by atoms with E-state index in [1.807, 2.05) is 20.2 Å². The Bertz CT molecular complexity index is 581. The normalized spacial score (nSPS) is 10.4. The van der Waals surface area contributed by atoms with E-state index >= 15 is 0 Å². The minimum atomic E-state index is 0.144. The van der Waals surface area contributed by atoms with Gasteiger partial charge < -0.3 is 5.32 Å². The van der Waals surface area contributed by atoms with Gasteiger partial charge in [-0.1, -0.05) is 11.6 Å². The molecule has 0 fully saturated rings. The fraction of sp³-hybridized carbons (Fsp3) is 0.273. The van der Waals surface area contributed by atoms with Crippen molar-refractivity contribution in [2.45, 2.75) is 13.5 Å². The van der Waals surface area contributed by atoms with Crippen LogP contribution in [0, 0.1) is 6.92 Å². The van der Waals surface area contributed by atoms with E-state index in [9.17, 15) is 4.79 Å². The largest absolute Gasteiger partial charge is 0.365 e. The fourth-order valence-corrected chi connectivity index (χ4v) is 1.80. The van der Waals surface area contributed by atoms with Gasteiger partial charge in [0.05, 0.1) is 11.3 Å². The van der Waals surface area contributed by atoms with Crippen LogP contribution in [0.3, 0.4) is 0 Å². The summed E-state index contributed by atoms with van der Waals surface area (Å²) in [7, 11) is 1.86. The zero-order valence-electron chi connectivity index (χ0n) is 10.0. The molecule has 6 nitrogen and oxygen atoms in total. The molecule has 2 rings (SSSR count). The van der Waals surface area contributed by atoms with Gasteiger partial charge >= 0.3 is 0 Å². The molecule has 18 heavy (non-hydrogen) atoms. The summed E-state index contributed by atoms with van der Waals surface area (Å²) < 4.78 is 1.74. The second-order valence-electron chi connectivity index (χ2n) is 3.81. The van der Waals surface area contributed by atoms with E-state index in [1.54, 1.807) is 4.68 Å². The van der Waals surface area contributed by atoms with Crippen LogP contribution < -0.4 is 5.32 Å². The summed E-state index contributed by atoms with van der Waals surface area (Å²) in [6, 6.07) is 0. The molecule has 0 atom stereocenters. The molecule has 0 aliphatic carbocycles. The lowest BCUT2D eigenvalue weighted by atomic mass is 10.2. The Morgan fingerprint density at radius 3 is 2.89 bits per heavy atom. The molecule has 94 valence electrons. The number of aldehydes is 1. The maximum Gasteiger partial charge on any atom is 0.156 e. The van der Waals surface area contributed by atoms with Crippen LogP contribution >= 0.6 is 11.6 Å². The molecule has 0 bridgehead atoms. The van der Waals surface area contributed by atoms with Crippen LogP contribution in [-0.2, 0) is 13.6 Å². The van der Waals surface area contributed by atoms with Gasteiger partial charge in [-0.3, -0.25) is 9.48 Å². The van der Waals surface area contributed by atoms with Crippen LogP contribution in [-0.4, -0.2) is 26.0 Å². The van der Waals surface area contributed by atoms with Gasteiger partial charge in [0.25, 0.3) is 0 Å². The van der Waals surface area contributed by atoms with Crippen LogP contribution in [0.4, 0.5) is 5.82 Å². The van der Waals surface area contributed by atoms with Crippen LogP contribution in [0.5, 0.6) is 0 Å². The Kier molecular flexibility index (Phi) is 3.57. The van der Waals surface area contributed by atoms with E-state index in [4.69, 9.17) is 11.6 Å². The Morgan fingerprint density at radius 2 is 2.28 bits per heavy atom. The van der Waals surface area contributed by atoms with Gasteiger partial charge in [-0.15, -0.1) is 0 Å².